The van der Waals surface area contributed by atoms with Crippen LogP contribution in [0.2, 0.25) is 0 Å². The van der Waals surface area contributed by atoms with Crippen molar-refractivity contribution < 1.29 is 18.4 Å². The van der Waals surface area contributed by atoms with Crippen molar-refractivity contribution >= 4 is 17.1 Å². The zero-order chi connectivity index (χ0) is 15.9. The third kappa shape index (κ3) is 2.13. The second-order valence-electron chi connectivity index (χ2n) is 4.91. The van der Waals surface area contributed by atoms with Crippen LogP contribution < -0.4 is 0 Å². The van der Waals surface area contributed by atoms with Crippen LogP contribution in [0.5, 0.6) is 0 Å². The number of ether oxygens (including phenoxy) is 1. The van der Waals surface area contributed by atoms with E-state index in [0.29, 0.717) is 39.2 Å². The van der Waals surface area contributed by atoms with Gasteiger partial charge in [-0.2, -0.15) is 0 Å². The number of hydrogen-bond acceptors (Lipinski definition) is 5. The summed E-state index contributed by atoms with van der Waals surface area (Å²) in [6.07, 6.45) is 0. The SMILES string of the molecule is COC(=O)c1c(-c2ccc(F)cc2)nc2onc(C)c2c1C. The van der Waals surface area contributed by atoms with Crippen LogP contribution in [-0.4, -0.2) is 23.2 Å². The van der Waals surface area contributed by atoms with Gasteiger partial charge in [0.15, 0.2) is 0 Å². The minimum absolute atomic E-state index is 0.327. The van der Waals surface area contributed by atoms with E-state index < -0.39 is 5.97 Å². The Balaban J connectivity index is 2.36. The summed E-state index contributed by atoms with van der Waals surface area (Å²) in [4.78, 5) is 16.6. The molecule has 2 heterocycles. The monoisotopic (exact) mass is 300 g/mol. The van der Waals surface area contributed by atoms with E-state index in [1.807, 2.05) is 0 Å². The van der Waals surface area contributed by atoms with Crippen LogP contribution >= 0.6 is 0 Å². The highest BCUT2D eigenvalue weighted by Crippen LogP contribution is 2.31. The van der Waals surface area contributed by atoms with E-state index >= 15 is 0 Å². The highest BCUT2D eigenvalue weighted by atomic mass is 19.1. The predicted octanol–water partition coefficient (Wildman–Crippen LogP) is 3.43. The lowest BCUT2D eigenvalue weighted by Crippen LogP contribution is -2.08. The summed E-state index contributed by atoms with van der Waals surface area (Å²) < 4.78 is 23.2. The molecule has 0 radical (unpaired) electrons. The Labute approximate surface area is 125 Å². The van der Waals surface area contributed by atoms with Crippen LogP contribution in [0.1, 0.15) is 21.6 Å². The number of methoxy groups -OCH3 is 1. The lowest BCUT2D eigenvalue weighted by molar-refractivity contribution is 0.0600. The third-order valence-corrected chi connectivity index (χ3v) is 3.55. The van der Waals surface area contributed by atoms with E-state index in [-0.39, 0.29) is 5.82 Å². The first-order valence-electron chi connectivity index (χ1n) is 6.63. The van der Waals surface area contributed by atoms with E-state index in [1.54, 1.807) is 26.0 Å². The maximum atomic E-state index is 13.1. The van der Waals surface area contributed by atoms with Gasteiger partial charge in [-0.3, -0.25) is 0 Å². The molecule has 2 aromatic heterocycles. The average Bonchev–Trinajstić information content (AvgIpc) is 2.89. The van der Waals surface area contributed by atoms with Crippen LogP contribution in [0.15, 0.2) is 28.8 Å². The van der Waals surface area contributed by atoms with Gasteiger partial charge >= 0.3 is 5.97 Å². The molecule has 22 heavy (non-hydrogen) atoms. The van der Waals surface area contributed by atoms with Gasteiger partial charge in [-0.15, -0.1) is 0 Å². The summed E-state index contributed by atoms with van der Waals surface area (Å²) in [5, 5.41) is 4.57. The predicted molar refractivity (Wildman–Crippen MR) is 78.0 cm³/mol. The molecule has 0 aliphatic rings. The first-order chi connectivity index (χ1) is 10.5. The number of benzene rings is 1. The molecule has 0 N–H and O–H groups in total. The van der Waals surface area contributed by atoms with Gasteiger partial charge in [0.1, 0.15) is 5.82 Å². The number of nitrogens with zero attached hydrogens (tertiary/aromatic N) is 2. The van der Waals surface area contributed by atoms with Crippen LogP contribution in [0.3, 0.4) is 0 Å². The van der Waals surface area contributed by atoms with Gasteiger partial charge in [0.2, 0.25) is 0 Å². The van der Waals surface area contributed by atoms with Gasteiger partial charge in [0, 0.05) is 5.56 Å². The van der Waals surface area contributed by atoms with Crippen molar-refractivity contribution in [2.24, 2.45) is 0 Å². The quantitative estimate of drug-likeness (QED) is 0.678. The molecule has 1 aromatic carbocycles. The number of esters is 1. The van der Waals surface area contributed by atoms with Gasteiger partial charge in [0.05, 0.1) is 29.4 Å². The smallest absolute Gasteiger partial charge is 0.340 e. The number of halogens is 1. The second-order valence-corrected chi connectivity index (χ2v) is 4.91. The zero-order valence-corrected chi connectivity index (χ0v) is 12.3. The Hall–Kier alpha value is -2.76. The first kappa shape index (κ1) is 14.2. The Kier molecular flexibility index (Phi) is 3.36. The van der Waals surface area contributed by atoms with Gasteiger partial charge in [-0.25, -0.2) is 14.2 Å². The lowest BCUT2D eigenvalue weighted by Gasteiger charge is -2.11. The van der Waals surface area contributed by atoms with E-state index in [1.165, 1.54) is 19.2 Å². The molecule has 0 fully saturated rings. The summed E-state index contributed by atoms with van der Waals surface area (Å²) in [5.74, 6) is -0.872. The third-order valence-electron chi connectivity index (χ3n) is 3.55. The number of carbonyl (C=O) groups is 1. The highest BCUT2D eigenvalue weighted by molar-refractivity contribution is 6.02. The molecule has 0 aliphatic carbocycles. The maximum absolute atomic E-state index is 13.1. The molecule has 0 aliphatic heterocycles. The van der Waals surface area contributed by atoms with Crippen LogP contribution in [0.25, 0.3) is 22.4 Å². The lowest BCUT2D eigenvalue weighted by atomic mass is 9.99. The fourth-order valence-electron chi connectivity index (χ4n) is 2.49. The van der Waals surface area contributed by atoms with Crippen molar-refractivity contribution in [2.75, 3.05) is 7.11 Å². The molecule has 0 unspecified atom stereocenters. The number of fused-ring (bicyclic) bond motifs is 1. The number of rotatable bonds is 2. The highest BCUT2D eigenvalue weighted by Gasteiger charge is 2.23. The van der Waals surface area contributed by atoms with E-state index in [0.717, 1.165) is 0 Å². The summed E-state index contributed by atoms with van der Waals surface area (Å²) in [6, 6.07) is 5.73. The van der Waals surface area contributed by atoms with Gasteiger partial charge in [-0.1, -0.05) is 5.16 Å². The Bertz CT molecular complexity index is 869. The number of carbonyl (C=O) groups excluding carboxylic acids is 1. The topological polar surface area (TPSA) is 65.2 Å². The molecule has 0 spiro atoms. The minimum Gasteiger partial charge on any atom is -0.465 e. The van der Waals surface area contributed by atoms with Gasteiger partial charge in [-0.05, 0) is 43.7 Å². The number of aryl methyl sites for hydroxylation is 2. The molecule has 0 saturated heterocycles. The molecular formula is C16H13FN2O3. The zero-order valence-electron chi connectivity index (χ0n) is 12.3. The van der Waals surface area contributed by atoms with Crippen molar-refractivity contribution in [3.63, 3.8) is 0 Å². The van der Waals surface area contributed by atoms with Crippen LogP contribution in [0.4, 0.5) is 4.39 Å². The van der Waals surface area contributed by atoms with E-state index in [9.17, 15) is 9.18 Å². The van der Waals surface area contributed by atoms with Crippen molar-refractivity contribution in [3.8, 4) is 11.3 Å². The average molecular weight is 300 g/mol. The molecule has 3 rings (SSSR count). The number of aromatic nitrogens is 2. The van der Waals surface area contributed by atoms with E-state index in [2.05, 4.69) is 10.1 Å². The summed E-state index contributed by atoms with van der Waals surface area (Å²) in [5.41, 5.74) is 2.97. The van der Waals surface area contributed by atoms with Gasteiger partial charge < -0.3 is 9.26 Å². The van der Waals surface area contributed by atoms with Gasteiger partial charge in [0.25, 0.3) is 5.71 Å². The van der Waals surface area contributed by atoms with Crippen molar-refractivity contribution in [2.45, 2.75) is 13.8 Å². The largest absolute Gasteiger partial charge is 0.465 e. The molecule has 112 valence electrons. The van der Waals surface area contributed by atoms with Crippen LogP contribution in [0, 0.1) is 19.7 Å². The van der Waals surface area contributed by atoms with Crippen LogP contribution in [-0.2, 0) is 4.74 Å². The maximum Gasteiger partial charge on any atom is 0.340 e. The van der Waals surface area contributed by atoms with E-state index in [4.69, 9.17) is 9.26 Å². The summed E-state index contributed by atoms with van der Waals surface area (Å²) in [7, 11) is 1.31. The molecule has 6 heteroatoms. The first-order valence-corrected chi connectivity index (χ1v) is 6.63. The molecule has 0 amide bonds. The standard InChI is InChI=1S/C16H13FN2O3/c1-8-12-9(2)19-22-15(12)18-14(13(8)16(20)21-3)10-4-6-11(17)7-5-10/h4-7H,1-3H3. The molecule has 0 bridgehead atoms. The Morgan fingerprint density at radius 2 is 1.91 bits per heavy atom. The Morgan fingerprint density at radius 3 is 2.55 bits per heavy atom. The van der Waals surface area contributed by atoms with Crippen molar-refractivity contribution in [3.05, 3.63) is 46.9 Å². The van der Waals surface area contributed by atoms with Crippen molar-refractivity contribution in [1.29, 1.82) is 0 Å². The molecule has 0 saturated carbocycles. The fourth-order valence-corrected chi connectivity index (χ4v) is 2.49. The molecular weight excluding hydrogens is 287 g/mol. The Morgan fingerprint density at radius 1 is 1.23 bits per heavy atom. The minimum atomic E-state index is -0.508. The number of hydrogen-bond donors (Lipinski definition) is 0. The number of pyridine rings is 1. The normalized spacial score (nSPS) is 10.9. The molecule has 0 atom stereocenters. The molecule has 3 aromatic rings. The molecule has 5 nitrogen and oxygen atoms in total. The van der Waals surface area contributed by atoms with Crippen molar-refractivity contribution in [1.82, 2.24) is 10.1 Å². The second kappa shape index (κ2) is 5.22. The summed E-state index contributed by atoms with van der Waals surface area (Å²) >= 11 is 0. The summed E-state index contributed by atoms with van der Waals surface area (Å²) in [6.45, 7) is 3.56. The fraction of sp³-hybridized carbons (Fsp3) is 0.188.